The molecule has 1 aliphatic heterocycles. The zero-order chi connectivity index (χ0) is 22.0. The summed E-state index contributed by atoms with van der Waals surface area (Å²) in [6.07, 6.45) is 2.80. The van der Waals surface area contributed by atoms with Crippen LogP contribution in [0.4, 0.5) is 17.2 Å². The van der Waals surface area contributed by atoms with Gasteiger partial charge in [0.25, 0.3) is 17.3 Å². The summed E-state index contributed by atoms with van der Waals surface area (Å²) in [6, 6.07) is 10.6. The Kier molecular flexibility index (Phi) is 5.26. The van der Waals surface area contributed by atoms with Crippen LogP contribution < -0.4 is 4.90 Å². The number of hydrogen-bond acceptors (Lipinski definition) is 8. The molecule has 0 radical (unpaired) electrons. The molecular formula is C19H17N7O5. The molecule has 0 atom stereocenters. The van der Waals surface area contributed by atoms with Gasteiger partial charge >= 0.3 is 0 Å². The van der Waals surface area contributed by atoms with Gasteiger partial charge in [0, 0.05) is 50.6 Å². The van der Waals surface area contributed by atoms with Crippen LogP contribution in [-0.4, -0.2) is 61.6 Å². The normalized spacial score (nSPS) is 13.8. The summed E-state index contributed by atoms with van der Waals surface area (Å²) in [7, 11) is 0. The molecule has 4 rings (SSSR count). The van der Waals surface area contributed by atoms with Gasteiger partial charge in [0.1, 0.15) is 12.0 Å². The van der Waals surface area contributed by atoms with Crippen molar-refractivity contribution in [2.45, 2.75) is 0 Å². The van der Waals surface area contributed by atoms with E-state index in [2.05, 4.69) is 10.1 Å². The lowest BCUT2D eigenvalue weighted by Gasteiger charge is -2.35. The molecule has 31 heavy (non-hydrogen) atoms. The summed E-state index contributed by atoms with van der Waals surface area (Å²) in [6.45, 7) is 1.95. The molecule has 0 N–H and O–H groups in total. The lowest BCUT2D eigenvalue weighted by Crippen LogP contribution is -2.49. The molecule has 1 aliphatic rings. The van der Waals surface area contributed by atoms with E-state index in [0.29, 0.717) is 37.7 Å². The molecule has 1 fully saturated rings. The first-order valence-corrected chi connectivity index (χ1v) is 9.37. The maximum atomic E-state index is 12.8. The minimum Gasteiger partial charge on any atom is -0.353 e. The molecule has 12 heteroatoms. The number of nitro benzene ring substituents is 1. The SMILES string of the molecule is O=C(c1ccn(-c2cccc([N+](=O)[O-])c2)n1)N1CCN(c2ccc([N+](=O)[O-])cn2)CC1. The fourth-order valence-corrected chi connectivity index (χ4v) is 3.30. The second-order valence-corrected chi connectivity index (χ2v) is 6.83. The van der Waals surface area contributed by atoms with E-state index >= 15 is 0 Å². The molecule has 1 amide bonds. The summed E-state index contributed by atoms with van der Waals surface area (Å²) >= 11 is 0. The van der Waals surface area contributed by atoms with E-state index in [-0.39, 0.29) is 23.0 Å². The van der Waals surface area contributed by atoms with Crippen molar-refractivity contribution in [3.8, 4) is 5.69 Å². The molecule has 1 aromatic carbocycles. The zero-order valence-corrected chi connectivity index (χ0v) is 16.2. The van der Waals surface area contributed by atoms with Crippen LogP contribution in [0.2, 0.25) is 0 Å². The smallest absolute Gasteiger partial charge is 0.287 e. The van der Waals surface area contributed by atoms with Crippen molar-refractivity contribution in [1.29, 1.82) is 0 Å². The van der Waals surface area contributed by atoms with E-state index in [9.17, 15) is 25.0 Å². The second kappa shape index (κ2) is 8.18. The molecule has 0 bridgehead atoms. The number of carbonyl (C=O) groups excluding carboxylic acids is 1. The largest absolute Gasteiger partial charge is 0.353 e. The minimum absolute atomic E-state index is 0.0585. The summed E-state index contributed by atoms with van der Waals surface area (Å²) in [4.78, 5) is 41.3. The van der Waals surface area contributed by atoms with Crippen LogP contribution in [0.15, 0.2) is 54.9 Å². The highest BCUT2D eigenvalue weighted by molar-refractivity contribution is 5.92. The fourth-order valence-electron chi connectivity index (χ4n) is 3.30. The van der Waals surface area contributed by atoms with E-state index in [0.717, 1.165) is 0 Å². The number of nitrogens with zero attached hydrogens (tertiary/aromatic N) is 7. The van der Waals surface area contributed by atoms with Gasteiger partial charge in [-0.25, -0.2) is 9.67 Å². The first kappa shape index (κ1) is 19.9. The van der Waals surface area contributed by atoms with Crippen LogP contribution in [0.3, 0.4) is 0 Å². The van der Waals surface area contributed by atoms with Crippen LogP contribution in [-0.2, 0) is 0 Å². The van der Waals surface area contributed by atoms with Crippen LogP contribution in [0.25, 0.3) is 5.69 Å². The number of anilines is 1. The number of hydrogen-bond donors (Lipinski definition) is 0. The number of rotatable bonds is 5. The van der Waals surface area contributed by atoms with E-state index in [1.807, 2.05) is 4.90 Å². The minimum atomic E-state index is -0.500. The summed E-state index contributed by atoms with van der Waals surface area (Å²) in [5, 5.41) is 26.0. The fraction of sp³-hybridized carbons (Fsp3) is 0.211. The quantitative estimate of drug-likeness (QED) is 0.448. The number of nitro groups is 2. The van der Waals surface area contributed by atoms with Gasteiger partial charge in [-0.3, -0.25) is 25.0 Å². The Morgan fingerprint density at radius 3 is 2.32 bits per heavy atom. The third kappa shape index (κ3) is 4.17. The van der Waals surface area contributed by atoms with Crippen LogP contribution in [0.1, 0.15) is 10.5 Å². The van der Waals surface area contributed by atoms with Gasteiger partial charge in [-0.05, 0) is 18.2 Å². The summed E-state index contributed by atoms with van der Waals surface area (Å²) < 4.78 is 1.43. The Hall–Kier alpha value is -4.35. The van der Waals surface area contributed by atoms with Gasteiger partial charge in [-0.15, -0.1) is 0 Å². The number of carbonyl (C=O) groups is 1. The summed E-state index contributed by atoms with van der Waals surface area (Å²) in [5.41, 5.74) is 0.601. The van der Waals surface area contributed by atoms with Gasteiger partial charge in [-0.1, -0.05) is 6.07 Å². The Labute approximate surface area is 175 Å². The zero-order valence-electron chi connectivity index (χ0n) is 16.2. The lowest BCUT2D eigenvalue weighted by atomic mass is 10.2. The predicted octanol–water partition coefficient (Wildman–Crippen LogP) is 2.05. The molecule has 0 spiro atoms. The highest BCUT2D eigenvalue weighted by Crippen LogP contribution is 2.19. The van der Waals surface area contributed by atoms with Crippen molar-refractivity contribution in [3.63, 3.8) is 0 Å². The standard InChI is InChI=1S/C19H17N7O5/c27-19(17-6-7-24(21-17)14-2-1-3-15(12-14)25(28)29)23-10-8-22(9-11-23)18-5-4-16(13-20-18)26(30)31/h1-7,12-13H,8-11H2. The van der Waals surface area contributed by atoms with Crippen molar-refractivity contribution >= 4 is 23.1 Å². The van der Waals surface area contributed by atoms with E-state index in [1.165, 1.54) is 29.1 Å². The topological polar surface area (TPSA) is 141 Å². The number of piperazine rings is 1. The van der Waals surface area contributed by atoms with Gasteiger partial charge < -0.3 is 9.80 Å². The Morgan fingerprint density at radius 1 is 0.935 bits per heavy atom. The monoisotopic (exact) mass is 423 g/mol. The second-order valence-electron chi connectivity index (χ2n) is 6.83. The third-order valence-electron chi connectivity index (χ3n) is 4.95. The summed E-state index contributed by atoms with van der Waals surface area (Å²) in [5.74, 6) is 0.383. The van der Waals surface area contributed by atoms with Crippen molar-refractivity contribution in [1.82, 2.24) is 19.7 Å². The first-order valence-electron chi connectivity index (χ1n) is 9.37. The van der Waals surface area contributed by atoms with Crippen molar-refractivity contribution < 1.29 is 14.6 Å². The highest BCUT2D eigenvalue weighted by atomic mass is 16.6. The maximum Gasteiger partial charge on any atom is 0.287 e. The Morgan fingerprint density at radius 2 is 1.68 bits per heavy atom. The molecule has 158 valence electrons. The van der Waals surface area contributed by atoms with Crippen LogP contribution in [0.5, 0.6) is 0 Å². The molecule has 12 nitrogen and oxygen atoms in total. The highest BCUT2D eigenvalue weighted by Gasteiger charge is 2.25. The Balaban J connectivity index is 1.41. The van der Waals surface area contributed by atoms with Gasteiger partial charge in [0.15, 0.2) is 5.69 Å². The van der Waals surface area contributed by atoms with Crippen LogP contribution in [0, 0.1) is 20.2 Å². The average molecular weight is 423 g/mol. The molecule has 3 aromatic rings. The van der Waals surface area contributed by atoms with Gasteiger partial charge in [-0.2, -0.15) is 5.10 Å². The number of amides is 1. The van der Waals surface area contributed by atoms with E-state index in [4.69, 9.17) is 0 Å². The average Bonchev–Trinajstić information content (AvgIpc) is 3.29. The number of aromatic nitrogens is 3. The molecule has 0 aliphatic carbocycles. The van der Waals surface area contributed by atoms with Crippen molar-refractivity contribution in [2.75, 3.05) is 31.1 Å². The van der Waals surface area contributed by atoms with Crippen molar-refractivity contribution in [2.24, 2.45) is 0 Å². The maximum absolute atomic E-state index is 12.8. The number of benzene rings is 1. The van der Waals surface area contributed by atoms with Crippen molar-refractivity contribution in [3.05, 3.63) is 80.8 Å². The van der Waals surface area contributed by atoms with E-state index < -0.39 is 9.85 Å². The molecule has 0 saturated carbocycles. The van der Waals surface area contributed by atoms with Gasteiger partial charge in [0.2, 0.25) is 0 Å². The molecule has 0 unspecified atom stereocenters. The van der Waals surface area contributed by atoms with Crippen LogP contribution >= 0.6 is 0 Å². The Bertz CT molecular complexity index is 1140. The first-order chi connectivity index (χ1) is 14.9. The molecule has 3 heterocycles. The lowest BCUT2D eigenvalue weighted by molar-refractivity contribution is -0.385. The van der Waals surface area contributed by atoms with E-state index in [1.54, 1.807) is 35.4 Å². The molecule has 2 aromatic heterocycles. The third-order valence-corrected chi connectivity index (χ3v) is 4.95. The number of pyridine rings is 1. The predicted molar refractivity (Wildman–Crippen MR) is 109 cm³/mol. The molecule has 1 saturated heterocycles. The number of non-ortho nitro benzene ring substituents is 1. The van der Waals surface area contributed by atoms with Gasteiger partial charge in [0.05, 0.1) is 15.5 Å². The molecular weight excluding hydrogens is 406 g/mol.